The van der Waals surface area contributed by atoms with Gasteiger partial charge < -0.3 is 86.2 Å². The number of halogens is 1. The van der Waals surface area contributed by atoms with E-state index < -0.39 is 9.84 Å². The molecule has 702 valence electrons. The second-order valence-electron chi connectivity index (χ2n) is 32.4. The monoisotopic (exact) mass is 1880 g/mol. The van der Waals surface area contributed by atoms with Crippen molar-refractivity contribution in [2.45, 2.75) is 145 Å². The van der Waals surface area contributed by atoms with Gasteiger partial charge in [0.05, 0.1) is 79.3 Å². The van der Waals surface area contributed by atoms with Gasteiger partial charge in [0.15, 0.2) is 10.3 Å². The Balaban J connectivity index is 0.000000142. The molecular formula is C97H119ClN16O15S3. The lowest BCUT2D eigenvalue weighted by Crippen LogP contribution is -2.42. The van der Waals surface area contributed by atoms with E-state index in [1.165, 1.54) is 34.7 Å². The second kappa shape index (κ2) is 49.3. The van der Waals surface area contributed by atoms with E-state index in [9.17, 15) is 13.2 Å². The van der Waals surface area contributed by atoms with Gasteiger partial charge in [0.1, 0.15) is 77.9 Å². The molecular weight excluding hydrogens is 1760 g/mol. The standard InChI is InChI=1S/C28H34N4O3.C20H26N4O2.C18H23N3O5S.C18H23N3O3S.C13H13ClN2O2S/c1-21-19-31(15-16-34-21)26-18-27(35-20-23-10-12-25(33-2)13-11-23)30-28(29-26)32-14-6-9-24(32)17-22-7-4-3-5-8-22;1-15-14-23(10-11-26-15)18-13-19(25)22-20(21-18)24-9-5-8-17(24)12-16-6-3-2-4-7-16;1-13-11-21(8-9-25-13)16-10-17(20-18(19-16)27(3,22)23)26-12-14-4-6-15(24-2)7-5-14;1-13-11-21(8-9-23-13)16-10-17(20-18(19-16)25-3)24-12-14-4-6-15(22-2)7-5-14;1-17-10-5-3-9(4-6-10)8-18-12-7-11(14)15-13(16-12)19-2/h3-5,7-8,10-13,18,21,24H,6,9,14-17,19-20H2,1-2H3;2-4,6-7,13,15,17H,5,8-12,14H2,1H3,(H,21,22,25);4-7,10,13H,8-9,11-12H2,1-3H3;4-7,10,13H,8-9,11-12H2,1-3H3;3-7H,8H2,1-2H3. The smallest absolute Gasteiger partial charge is 0.254 e. The fraction of sp³-hybridized carbons (Fsp3) is 0.423. The average molecular weight is 1880 g/mol. The summed E-state index contributed by atoms with van der Waals surface area (Å²) in [6.45, 7) is 20.3. The summed E-state index contributed by atoms with van der Waals surface area (Å²) in [6, 6.07) is 61.5. The Bertz CT molecular complexity index is 5590. The molecule has 0 bridgehead atoms. The molecule has 6 unspecified atom stereocenters. The van der Waals surface area contributed by atoms with Gasteiger partial charge in [-0.05, 0) is 161 Å². The highest BCUT2D eigenvalue weighted by molar-refractivity contribution is 7.98. The summed E-state index contributed by atoms with van der Waals surface area (Å²) in [6.07, 6.45) is 12.0. The molecule has 17 rings (SSSR count). The molecule has 11 heterocycles. The zero-order valence-corrected chi connectivity index (χ0v) is 80.0. The molecule has 0 spiro atoms. The van der Waals surface area contributed by atoms with E-state index in [1.807, 2.05) is 140 Å². The number of rotatable bonds is 29. The number of anilines is 6. The number of sulfone groups is 1. The first-order valence-corrected chi connectivity index (χ1v) is 49.0. The molecule has 11 aromatic rings. The SMILES string of the molecule is CC1CN(c2cc(=O)[nH]c(N3CCCC3Cc3ccccc3)n2)CCO1.COc1ccc(COc2cc(Cl)nc(SC)n2)cc1.COc1ccc(COc2cc(N3CCOC(C)C3)nc(N3CCCC3Cc3ccccc3)n2)cc1.COc1ccc(COc2cc(N3CCOC(C)C3)nc(S(C)(=O)=O)n2)cc1.COc1ccc(COc2cc(N3CCOC(C)C3)nc(SC)n2)cc1. The number of H-pyrrole nitrogens is 1. The average Bonchev–Trinajstić information content (AvgIpc) is 1.60. The van der Waals surface area contributed by atoms with Crippen LogP contribution in [0.15, 0.2) is 208 Å². The van der Waals surface area contributed by atoms with E-state index in [-0.39, 0.29) is 47.6 Å². The van der Waals surface area contributed by atoms with Crippen molar-refractivity contribution in [3.05, 3.63) is 237 Å². The molecule has 6 aliphatic heterocycles. The molecule has 1 N–H and O–H groups in total. The van der Waals surface area contributed by atoms with Gasteiger partial charge in [0.2, 0.25) is 45.3 Å². The third-order valence-electron chi connectivity index (χ3n) is 22.4. The van der Waals surface area contributed by atoms with Crippen LogP contribution in [0.2, 0.25) is 5.15 Å². The van der Waals surface area contributed by atoms with Crippen LogP contribution in [0, 0.1) is 0 Å². The number of nitrogens with zero attached hydrogens (tertiary/aromatic N) is 15. The minimum atomic E-state index is -3.57. The molecule has 0 amide bonds. The van der Waals surface area contributed by atoms with Crippen molar-refractivity contribution in [1.29, 1.82) is 0 Å². The van der Waals surface area contributed by atoms with E-state index in [2.05, 4.69) is 135 Å². The van der Waals surface area contributed by atoms with Gasteiger partial charge in [-0.25, -0.2) is 23.4 Å². The molecule has 6 aliphatic rings. The fourth-order valence-corrected chi connectivity index (χ4v) is 17.1. The largest absolute Gasteiger partial charge is 0.497 e. The van der Waals surface area contributed by atoms with Gasteiger partial charge in [-0.15, -0.1) is 0 Å². The van der Waals surface area contributed by atoms with Crippen LogP contribution in [0.4, 0.5) is 35.2 Å². The number of aromatic amines is 1. The molecule has 0 saturated carbocycles. The summed E-state index contributed by atoms with van der Waals surface area (Å²) < 4.78 is 90.6. The Morgan fingerprint density at radius 3 is 1.14 bits per heavy atom. The Hall–Kier alpha value is -11.5. The zero-order chi connectivity index (χ0) is 92.7. The first kappa shape index (κ1) is 98.0. The molecule has 5 aromatic heterocycles. The van der Waals surface area contributed by atoms with Crippen molar-refractivity contribution in [2.24, 2.45) is 0 Å². The Morgan fingerprint density at radius 2 is 0.750 bits per heavy atom. The maximum absolute atomic E-state index is 12.3. The van der Waals surface area contributed by atoms with Crippen molar-refractivity contribution in [1.82, 2.24) is 49.8 Å². The highest BCUT2D eigenvalue weighted by Gasteiger charge is 2.32. The molecule has 6 saturated heterocycles. The number of ether oxygens (including phenoxy) is 12. The summed E-state index contributed by atoms with van der Waals surface area (Å²) in [7, 11) is 3.00. The predicted molar refractivity (Wildman–Crippen MR) is 516 cm³/mol. The van der Waals surface area contributed by atoms with Gasteiger partial charge in [0, 0.05) is 114 Å². The van der Waals surface area contributed by atoms with Gasteiger partial charge in [-0.3, -0.25) is 9.78 Å². The minimum absolute atomic E-state index is 0.0408. The molecule has 35 heteroatoms. The number of morpholine rings is 4. The molecule has 31 nitrogen and oxygen atoms in total. The normalized spacial score (nSPS) is 18.3. The van der Waals surface area contributed by atoms with Crippen LogP contribution in [0.3, 0.4) is 0 Å². The number of hydrogen-bond donors (Lipinski definition) is 1. The number of hydrogen-bond acceptors (Lipinski definition) is 32. The van der Waals surface area contributed by atoms with Crippen molar-refractivity contribution >= 4 is 80.1 Å². The second-order valence-corrected chi connectivity index (χ2v) is 36.2. The highest BCUT2D eigenvalue weighted by atomic mass is 35.5. The maximum Gasteiger partial charge on any atom is 0.254 e. The van der Waals surface area contributed by atoms with Crippen LogP contribution in [-0.4, -0.2) is 234 Å². The summed E-state index contributed by atoms with van der Waals surface area (Å²) >= 11 is 8.82. The van der Waals surface area contributed by atoms with Gasteiger partial charge in [0.25, 0.3) is 10.7 Å². The van der Waals surface area contributed by atoms with Crippen LogP contribution in [0.25, 0.3) is 0 Å². The Morgan fingerprint density at radius 1 is 0.402 bits per heavy atom. The lowest BCUT2D eigenvalue weighted by molar-refractivity contribution is 0.0527. The lowest BCUT2D eigenvalue weighted by atomic mass is 10.0. The first-order valence-electron chi connectivity index (χ1n) is 44.3. The van der Waals surface area contributed by atoms with Gasteiger partial charge in [-0.1, -0.05) is 144 Å². The minimum Gasteiger partial charge on any atom is -0.497 e. The lowest BCUT2D eigenvalue weighted by Gasteiger charge is -2.33. The molecule has 132 heavy (non-hydrogen) atoms. The summed E-state index contributed by atoms with van der Waals surface area (Å²) in [5, 5.41) is 1.44. The van der Waals surface area contributed by atoms with Crippen LogP contribution in [0.1, 0.15) is 86.8 Å². The van der Waals surface area contributed by atoms with Crippen molar-refractivity contribution < 1.29 is 65.3 Å². The molecule has 6 aromatic carbocycles. The number of thioether (sulfide) groups is 2. The van der Waals surface area contributed by atoms with E-state index in [4.69, 9.17) is 83.4 Å². The molecule has 0 radical (unpaired) electrons. The van der Waals surface area contributed by atoms with Crippen LogP contribution in [0.5, 0.6) is 46.5 Å². The first-order chi connectivity index (χ1) is 64.1. The van der Waals surface area contributed by atoms with Gasteiger partial charge >= 0.3 is 0 Å². The van der Waals surface area contributed by atoms with Crippen LogP contribution >= 0.6 is 35.1 Å². The fourth-order valence-electron chi connectivity index (χ4n) is 15.6. The third kappa shape index (κ3) is 29.8. The number of methoxy groups -OCH3 is 4. The number of benzene rings is 6. The van der Waals surface area contributed by atoms with Crippen molar-refractivity contribution in [3.8, 4) is 46.5 Å². The van der Waals surface area contributed by atoms with E-state index in [1.54, 1.807) is 46.6 Å². The topological polar surface area (TPSA) is 313 Å². The number of aromatic nitrogens is 10. The highest BCUT2D eigenvalue weighted by Crippen LogP contribution is 2.34. The summed E-state index contributed by atoms with van der Waals surface area (Å²) in [4.78, 5) is 68.8. The summed E-state index contributed by atoms with van der Waals surface area (Å²) in [5.74, 6) is 9.64. The van der Waals surface area contributed by atoms with Crippen molar-refractivity contribution in [3.63, 3.8) is 0 Å². The quantitative estimate of drug-likeness (QED) is 0.0259. The molecule has 6 atom stereocenters. The van der Waals surface area contributed by atoms with E-state index >= 15 is 0 Å². The van der Waals surface area contributed by atoms with Crippen molar-refractivity contribution in [2.75, 3.05) is 168 Å². The maximum atomic E-state index is 12.3. The predicted octanol–water partition coefficient (Wildman–Crippen LogP) is 14.9. The zero-order valence-electron chi connectivity index (χ0n) is 76.8. The van der Waals surface area contributed by atoms with Crippen LogP contribution in [-0.2, 0) is 68.1 Å². The Kier molecular flexibility index (Phi) is 36.6. The molecule has 0 aliphatic carbocycles. The summed E-state index contributed by atoms with van der Waals surface area (Å²) in [5.41, 5.74) is 6.65. The number of nitrogens with one attached hydrogen (secondary N) is 1. The van der Waals surface area contributed by atoms with Gasteiger partial charge in [-0.2, -0.15) is 29.9 Å². The third-order valence-corrected chi connectivity index (χ3v) is 24.6. The molecule has 6 fully saturated rings. The van der Waals surface area contributed by atoms with E-state index in [0.29, 0.717) is 116 Å². The Labute approximate surface area is 786 Å². The van der Waals surface area contributed by atoms with E-state index in [0.717, 1.165) is 166 Å². The van der Waals surface area contributed by atoms with Crippen LogP contribution < -0.4 is 72.9 Å².